The van der Waals surface area contributed by atoms with Gasteiger partial charge in [0, 0.05) is 18.0 Å². The number of nitriles is 2. The average Bonchev–Trinajstić information content (AvgIpc) is 3.21. The third kappa shape index (κ3) is 5.13. The highest BCUT2D eigenvalue weighted by molar-refractivity contribution is 5.95. The first kappa shape index (κ1) is 21.3. The summed E-state index contributed by atoms with van der Waals surface area (Å²) < 4.78 is 42.7. The number of hydrogen-bond donors (Lipinski definition) is 1. The van der Waals surface area contributed by atoms with Crippen LogP contribution in [0.1, 0.15) is 40.1 Å². The van der Waals surface area contributed by atoms with E-state index in [1.54, 1.807) is 13.0 Å². The van der Waals surface area contributed by atoms with Crippen LogP contribution >= 0.6 is 0 Å². The van der Waals surface area contributed by atoms with Crippen molar-refractivity contribution in [2.45, 2.75) is 19.3 Å². The molecule has 2 aromatic heterocycles. The van der Waals surface area contributed by atoms with Crippen molar-refractivity contribution in [2.24, 2.45) is 0 Å². The summed E-state index contributed by atoms with van der Waals surface area (Å²) >= 11 is 0. The third-order valence-electron chi connectivity index (χ3n) is 3.92. The van der Waals surface area contributed by atoms with Crippen molar-refractivity contribution in [3.63, 3.8) is 0 Å². The van der Waals surface area contributed by atoms with Gasteiger partial charge in [-0.1, -0.05) is 0 Å². The Morgan fingerprint density at radius 1 is 1.16 bits per heavy atom. The standard InChI is InChI=1S/C19H12F3N7O2/c1-11(16-17(26-3-2-25-16)29-10-13(8-24)9-27-29)28-18(30)14-4-12(7-23)5-15(6-14)31-19(20,21)22/h2-6,9-11H,1H3,(H,28,30). The lowest BCUT2D eigenvalue weighted by molar-refractivity contribution is -0.274. The zero-order valence-electron chi connectivity index (χ0n) is 15.8. The maximum absolute atomic E-state index is 12.6. The minimum Gasteiger partial charge on any atom is -0.406 e. The van der Waals surface area contributed by atoms with Crippen LogP contribution in [0.15, 0.2) is 43.0 Å². The molecule has 3 rings (SSSR count). The van der Waals surface area contributed by atoms with Crippen molar-refractivity contribution in [1.29, 1.82) is 10.5 Å². The summed E-state index contributed by atoms with van der Waals surface area (Å²) in [4.78, 5) is 21.0. The summed E-state index contributed by atoms with van der Waals surface area (Å²) in [5.41, 5.74) is 0.201. The zero-order valence-corrected chi connectivity index (χ0v) is 15.8. The number of halogens is 3. The Kier molecular flexibility index (Phi) is 5.83. The minimum absolute atomic E-state index is 0.180. The molecule has 0 fully saturated rings. The van der Waals surface area contributed by atoms with Crippen LogP contribution in [0.5, 0.6) is 5.75 Å². The molecule has 1 amide bonds. The molecule has 0 aliphatic rings. The quantitative estimate of drug-likeness (QED) is 0.663. The Bertz CT molecular complexity index is 1210. The third-order valence-corrected chi connectivity index (χ3v) is 3.92. The summed E-state index contributed by atoms with van der Waals surface area (Å²) in [6.45, 7) is 1.58. The Morgan fingerprint density at radius 2 is 1.87 bits per heavy atom. The predicted molar refractivity (Wildman–Crippen MR) is 97.6 cm³/mol. The van der Waals surface area contributed by atoms with Crippen molar-refractivity contribution >= 4 is 5.91 Å². The molecule has 1 unspecified atom stereocenters. The number of aromatic nitrogens is 4. The highest BCUT2D eigenvalue weighted by atomic mass is 19.4. The van der Waals surface area contributed by atoms with E-state index in [9.17, 15) is 18.0 Å². The smallest absolute Gasteiger partial charge is 0.406 e. The molecular formula is C19H12F3N7O2. The zero-order chi connectivity index (χ0) is 22.6. The van der Waals surface area contributed by atoms with Gasteiger partial charge in [-0.15, -0.1) is 13.2 Å². The average molecular weight is 427 g/mol. The fourth-order valence-electron chi connectivity index (χ4n) is 2.66. The van der Waals surface area contributed by atoms with Crippen molar-refractivity contribution in [1.82, 2.24) is 25.1 Å². The van der Waals surface area contributed by atoms with Gasteiger partial charge < -0.3 is 10.1 Å². The van der Waals surface area contributed by atoms with Crippen LogP contribution in [0, 0.1) is 22.7 Å². The molecule has 2 heterocycles. The van der Waals surface area contributed by atoms with E-state index in [1.807, 2.05) is 6.07 Å². The van der Waals surface area contributed by atoms with E-state index in [0.717, 1.165) is 18.2 Å². The van der Waals surface area contributed by atoms with Crippen LogP contribution in [0.4, 0.5) is 13.2 Å². The number of alkyl halides is 3. The van der Waals surface area contributed by atoms with Gasteiger partial charge in [-0.25, -0.2) is 9.67 Å². The second-order valence-electron chi connectivity index (χ2n) is 6.15. The molecule has 1 N–H and O–H groups in total. The lowest BCUT2D eigenvalue weighted by Crippen LogP contribution is -2.28. The lowest BCUT2D eigenvalue weighted by Gasteiger charge is -2.17. The van der Waals surface area contributed by atoms with Crippen LogP contribution in [-0.4, -0.2) is 32.0 Å². The van der Waals surface area contributed by atoms with E-state index >= 15 is 0 Å². The van der Waals surface area contributed by atoms with Crippen LogP contribution in [0.25, 0.3) is 5.82 Å². The van der Waals surface area contributed by atoms with E-state index in [1.165, 1.54) is 29.5 Å². The van der Waals surface area contributed by atoms with Gasteiger partial charge >= 0.3 is 6.36 Å². The molecule has 0 saturated carbocycles. The van der Waals surface area contributed by atoms with Gasteiger partial charge in [0.05, 0.1) is 35.6 Å². The highest BCUT2D eigenvalue weighted by Gasteiger charge is 2.31. The maximum atomic E-state index is 12.6. The van der Waals surface area contributed by atoms with Crippen molar-refractivity contribution in [3.05, 3.63) is 65.4 Å². The van der Waals surface area contributed by atoms with Gasteiger partial charge in [0.2, 0.25) is 0 Å². The molecular weight excluding hydrogens is 415 g/mol. The van der Waals surface area contributed by atoms with E-state index in [4.69, 9.17) is 10.5 Å². The Hall–Kier alpha value is -4.45. The number of carbonyl (C=O) groups is 1. The number of ether oxygens (including phenoxy) is 1. The monoisotopic (exact) mass is 427 g/mol. The van der Waals surface area contributed by atoms with Crippen LogP contribution in [0.2, 0.25) is 0 Å². The van der Waals surface area contributed by atoms with Crippen LogP contribution in [-0.2, 0) is 0 Å². The summed E-state index contributed by atoms with van der Waals surface area (Å²) in [6, 6.07) is 5.75. The van der Waals surface area contributed by atoms with Gasteiger partial charge in [-0.2, -0.15) is 15.6 Å². The first-order valence-corrected chi connectivity index (χ1v) is 8.58. The molecule has 9 nitrogen and oxygen atoms in total. The molecule has 0 saturated heterocycles. The Labute approximate surface area is 173 Å². The minimum atomic E-state index is -4.98. The molecule has 156 valence electrons. The van der Waals surface area contributed by atoms with E-state index in [2.05, 4.69) is 25.1 Å². The maximum Gasteiger partial charge on any atom is 0.573 e. The van der Waals surface area contributed by atoms with Crippen molar-refractivity contribution < 1.29 is 22.7 Å². The Morgan fingerprint density at radius 3 is 2.52 bits per heavy atom. The molecule has 0 aliphatic heterocycles. The molecule has 0 radical (unpaired) electrons. The number of hydrogen-bond acceptors (Lipinski definition) is 7. The number of rotatable bonds is 5. The summed E-state index contributed by atoms with van der Waals surface area (Å²) in [7, 11) is 0. The lowest BCUT2D eigenvalue weighted by atomic mass is 10.1. The second-order valence-corrected chi connectivity index (χ2v) is 6.15. The van der Waals surface area contributed by atoms with Gasteiger partial charge in [0.15, 0.2) is 5.82 Å². The van der Waals surface area contributed by atoms with Crippen LogP contribution < -0.4 is 10.1 Å². The summed E-state index contributed by atoms with van der Waals surface area (Å²) in [6.07, 6.45) is 0.576. The number of nitrogens with zero attached hydrogens (tertiary/aromatic N) is 6. The first-order valence-electron chi connectivity index (χ1n) is 8.58. The van der Waals surface area contributed by atoms with E-state index in [0.29, 0.717) is 11.3 Å². The van der Waals surface area contributed by atoms with E-state index in [-0.39, 0.29) is 16.9 Å². The van der Waals surface area contributed by atoms with E-state index < -0.39 is 24.1 Å². The molecule has 31 heavy (non-hydrogen) atoms. The fourth-order valence-corrected chi connectivity index (χ4v) is 2.66. The van der Waals surface area contributed by atoms with Crippen LogP contribution in [0.3, 0.4) is 0 Å². The number of amides is 1. The number of benzene rings is 1. The molecule has 0 aliphatic carbocycles. The largest absolute Gasteiger partial charge is 0.573 e. The summed E-state index contributed by atoms with van der Waals surface area (Å²) in [5, 5.41) is 24.6. The molecule has 0 bridgehead atoms. The van der Waals surface area contributed by atoms with Crippen molar-refractivity contribution in [3.8, 4) is 23.7 Å². The molecule has 12 heteroatoms. The SMILES string of the molecule is CC(NC(=O)c1cc(C#N)cc(OC(F)(F)F)c1)c1nccnc1-n1cc(C#N)cn1. The predicted octanol–water partition coefficient (Wildman–Crippen LogP) is 2.80. The fraction of sp³-hybridized carbons (Fsp3) is 0.158. The molecule has 0 spiro atoms. The molecule has 1 aromatic carbocycles. The number of carbonyl (C=O) groups excluding carboxylic acids is 1. The first-order chi connectivity index (χ1) is 14.7. The van der Waals surface area contributed by atoms with Gasteiger partial charge in [-0.05, 0) is 25.1 Å². The summed E-state index contributed by atoms with van der Waals surface area (Å²) in [5.74, 6) is -1.19. The number of nitrogens with one attached hydrogen (secondary N) is 1. The topological polar surface area (TPSA) is 130 Å². The Balaban J connectivity index is 1.87. The highest BCUT2D eigenvalue weighted by Crippen LogP contribution is 2.25. The van der Waals surface area contributed by atoms with Gasteiger partial charge in [-0.3, -0.25) is 9.78 Å². The molecule has 1 atom stereocenters. The normalized spacial score (nSPS) is 11.8. The van der Waals surface area contributed by atoms with Gasteiger partial charge in [0.25, 0.3) is 5.91 Å². The molecule has 3 aromatic rings. The van der Waals surface area contributed by atoms with Crippen molar-refractivity contribution in [2.75, 3.05) is 0 Å². The van der Waals surface area contributed by atoms with Gasteiger partial charge in [0.1, 0.15) is 17.5 Å². The second kappa shape index (κ2) is 8.51.